The first-order chi connectivity index (χ1) is 14.1. The number of ether oxygens (including phenoxy) is 3. The van der Waals surface area contributed by atoms with E-state index >= 15 is 0 Å². The second-order valence-corrected chi connectivity index (χ2v) is 6.15. The van der Waals surface area contributed by atoms with Crippen molar-refractivity contribution < 1.29 is 23.8 Å². The largest absolute Gasteiger partial charge is 0.465 e. The average Bonchev–Trinajstić information content (AvgIpc) is 3.22. The fourth-order valence-corrected chi connectivity index (χ4v) is 2.74. The third-order valence-corrected chi connectivity index (χ3v) is 4.23. The maximum absolute atomic E-state index is 12.4. The Kier molecular flexibility index (Phi) is 4.98. The number of hydrogen-bond acceptors (Lipinski definition) is 7. The molecule has 0 spiro atoms. The van der Waals surface area contributed by atoms with Crippen LogP contribution in [0.2, 0.25) is 0 Å². The van der Waals surface area contributed by atoms with E-state index in [9.17, 15) is 9.59 Å². The molecule has 1 amide bonds. The van der Waals surface area contributed by atoms with Gasteiger partial charge in [0.05, 0.1) is 18.2 Å². The second-order valence-electron chi connectivity index (χ2n) is 6.15. The molecule has 1 aromatic heterocycles. The molecule has 2 aromatic carbocycles. The van der Waals surface area contributed by atoms with Gasteiger partial charge in [0.15, 0.2) is 11.5 Å². The van der Waals surface area contributed by atoms with Crippen LogP contribution in [0.1, 0.15) is 20.7 Å². The number of pyridine rings is 1. The summed E-state index contributed by atoms with van der Waals surface area (Å²) in [5.41, 5.74) is 2.17. The van der Waals surface area contributed by atoms with Crippen molar-refractivity contribution in [1.82, 2.24) is 4.98 Å². The quantitative estimate of drug-likeness (QED) is 0.641. The maximum Gasteiger partial charge on any atom is 0.337 e. The Morgan fingerprint density at radius 1 is 0.931 bits per heavy atom. The zero-order valence-corrected chi connectivity index (χ0v) is 15.5. The van der Waals surface area contributed by atoms with E-state index < -0.39 is 5.97 Å². The molecule has 1 aliphatic rings. The van der Waals surface area contributed by atoms with Crippen molar-refractivity contribution in [2.45, 2.75) is 0 Å². The fraction of sp³-hybridized carbons (Fsp3) is 0.0952. The Morgan fingerprint density at radius 3 is 2.38 bits per heavy atom. The van der Waals surface area contributed by atoms with Crippen LogP contribution in [0.4, 0.5) is 17.2 Å². The van der Waals surface area contributed by atoms with Crippen LogP contribution >= 0.6 is 0 Å². The Hall–Kier alpha value is -4.07. The molecular formula is C21H17N3O5. The summed E-state index contributed by atoms with van der Waals surface area (Å²) in [5.74, 6) is 1.22. The molecule has 8 nitrogen and oxygen atoms in total. The Morgan fingerprint density at radius 2 is 1.66 bits per heavy atom. The number of anilines is 3. The number of amides is 1. The molecule has 4 rings (SSSR count). The van der Waals surface area contributed by atoms with Gasteiger partial charge in [0, 0.05) is 23.6 Å². The molecule has 146 valence electrons. The van der Waals surface area contributed by atoms with Gasteiger partial charge < -0.3 is 24.8 Å². The fourth-order valence-electron chi connectivity index (χ4n) is 2.74. The predicted molar refractivity (Wildman–Crippen MR) is 106 cm³/mol. The van der Waals surface area contributed by atoms with Gasteiger partial charge in [0.2, 0.25) is 6.79 Å². The molecule has 8 heteroatoms. The van der Waals surface area contributed by atoms with Gasteiger partial charge in [0.1, 0.15) is 5.82 Å². The summed E-state index contributed by atoms with van der Waals surface area (Å²) in [5, 5.41) is 5.91. The van der Waals surface area contributed by atoms with Crippen molar-refractivity contribution in [3.05, 3.63) is 71.9 Å². The lowest BCUT2D eigenvalue weighted by Gasteiger charge is -2.08. The number of nitrogens with zero attached hydrogens (tertiary/aromatic N) is 1. The van der Waals surface area contributed by atoms with E-state index in [1.54, 1.807) is 36.4 Å². The van der Waals surface area contributed by atoms with Crippen molar-refractivity contribution in [1.29, 1.82) is 0 Å². The van der Waals surface area contributed by atoms with Gasteiger partial charge in [0.25, 0.3) is 5.91 Å². The third kappa shape index (κ3) is 4.11. The number of methoxy groups -OCH3 is 1. The van der Waals surface area contributed by atoms with Crippen LogP contribution in [0.15, 0.2) is 60.8 Å². The number of benzene rings is 2. The molecular weight excluding hydrogens is 374 g/mol. The highest BCUT2D eigenvalue weighted by Crippen LogP contribution is 2.34. The number of hydrogen-bond donors (Lipinski definition) is 2. The Labute approximate surface area is 166 Å². The molecule has 0 bridgehead atoms. The van der Waals surface area contributed by atoms with Crippen LogP contribution < -0.4 is 20.1 Å². The lowest BCUT2D eigenvalue weighted by Crippen LogP contribution is -2.12. The number of carbonyl (C=O) groups is 2. The highest BCUT2D eigenvalue weighted by atomic mass is 16.7. The average molecular weight is 391 g/mol. The lowest BCUT2D eigenvalue weighted by atomic mass is 10.2. The van der Waals surface area contributed by atoms with E-state index in [2.05, 4.69) is 20.4 Å². The van der Waals surface area contributed by atoms with Crippen LogP contribution in [0.5, 0.6) is 11.5 Å². The molecule has 29 heavy (non-hydrogen) atoms. The highest BCUT2D eigenvalue weighted by molar-refractivity contribution is 6.04. The number of esters is 1. The van der Waals surface area contributed by atoms with Gasteiger partial charge >= 0.3 is 5.97 Å². The van der Waals surface area contributed by atoms with E-state index in [0.29, 0.717) is 34.1 Å². The van der Waals surface area contributed by atoms with Gasteiger partial charge in [-0.1, -0.05) is 0 Å². The Balaban J connectivity index is 1.39. The van der Waals surface area contributed by atoms with Gasteiger partial charge in [-0.15, -0.1) is 0 Å². The van der Waals surface area contributed by atoms with Gasteiger partial charge in [-0.3, -0.25) is 4.79 Å². The molecule has 0 radical (unpaired) electrons. The third-order valence-electron chi connectivity index (χ3n) is 4.23. The molecule has 0 unspecified atom stereocenters. The first-order valence-electron chi connectivity index (χ1n) is 8.75. The molecule has 1 aliphatic heterocycles. The van der Waals surface area contributed by atoms with Crippen molar-refractivity contribution in [3.8, 4) is 11.5 Å². The normalized spacial score (nSPS) is 11.6. The van der Waals surface area contributed by atoms with Crippen LogP contribution in [-0.2, 0) is 4.74 Å². The van der Waals surface area contributed by atoms with Crippen molar-refractivity contribution >= 4 is 29.1 Å². The highest BCUT2D eigenvalue weighted by Gasteiger charge is 2.14. The van der Waals surface area contributed by atoms with Crippen LogP contribution in [-0.4, -0.2) is 30.8 Å². The van der Waals surface area contributed by atoms with E-state index in [4.69, 9.17) is 9.47 Å². The van der Waals surface area contributed by atoms with Gasteiger partial charge in [-0.2, -0.15) is 0 Å². The summed E-state index contributed by atoms with van der Waals surface area (Å²) < 4.78 is 15.3. The summed E-state index contributed by atoms with van der Waals surface area (Å²) in [7, 11) is 1.32. The molecule has 2 heterocycles. The number of fused-ring (bicyclic) bond motifs is 1. The topological polar surface area (TPSA) is 98.8 Å². The van der Waals surface area contributed by atoms with E-state index in [-0.39, 0.29) is 12.7 Å². The number of nitrogens with one attached hydrogen (secondary N) is 2. The first-order valence-corrected chi connectivity index (χ1v) is 8.75. The molecule has 2 N–H and O–H groups in total. The zero-order valence-electron chi connectivity index (χ0n) is 15.5. The van der Waals surface area contributed by atoms with Crippen molar-refractivity contribution in [2.24, 2.45) is 0 Å². The Bertz CT molecular complexity index is 1050. The van der Waals surface area contributed by atoms with Gasteiger partial charge in [-0.05, 0) is 48.5 Å². The maximum atomic E-state index is 12.4. The minimum absolute atomic E-state index is 0.215. The molecule has 3 aromatic rings. The standard InChI is InChI=1S/C21H17N3O5/c1-27-21(26)13-2-5-15(6-3-13)24-20(25)14-4-9-19(22-11-14)23-16-7-8-17-18(10-16)29-12-28-17/h2-11H,12H2,1H3,(H,22,23)(H,24,25). The minimum Gasteiger partial charge on any atom is -0.465 e. The zero-order chi connectivity index (χ0) is 20.2. The SMILES string of the molecule is COC(=O)c1ccc(NC(=O)c2ccc(Nc3ccc4c(c3)OCO4)nc2)cc1. The summed E-state index contributed by atoms with van der Waals surface area (Å²) >= 11 is 0. The summed E-state index contributed by atoms with van der Waals surface area (Å²) in [6.07, 6.45) is 1.48. The molecule has 0 fully saturated rings. The summed E-state index contributed by atoms with van der Waals surface area (Å²) in [6, 6.07) is 15.3. The number of rotatable bonds is 5. The lowest BCUT2D eigenvalue weighted by molar-refractivity contribution is 0.0600. The molecule has 0 atom stereocenters. The molecule has 0 saturated heterocycles. The summed E-state index contributed by atoms with van der Waals surface area (Å²) in [6.45, 7) is 0.215. The number of aromatic nitrogens is 1. The van der Waals surface area contributed by atoms with E-state index in [0.717, 1.165) is 5.69 Å². The monoisotopic (exact) mass is 391 g/mol. The smallest absolute Gasteiger partial charge is 0.337 e. The molecule has 0 saturated carbocycles. The van der Waals surface area contributed by atoms with Crippen molar-refractivity contribution in [2.75, 3.05) is 24.5 Å². The van der Waals surface area contributed by atoms with Crippen LogP contribution in [0, 0.1) is 0 Å². The van der Waals surface area contributed by atoms with Crippen molar-refractivity contribution in [3.63, 3.8) is 0 Å². The van der Waals surface area contributed by atoms with Crippen LogP contribution in [0.25, 0.3) is 0 Å². The summed E-state index contributed by atoms with van der Waals surface area (Å²) in [4.78, 5) is 28.1. The number of carbonyl (C=O) groups excluding carboxylic acids is 2. The van der Waals surface area contributed by atoms with Crippen LogP contribution in [0.3, 0.4) is 0 Å². The molecule has 0 aliphatic carbocycles. The van der Waals surface area contributed by atoms with E-state index in [1.807, 2.05) is 18.2 Å². The minimum atomic E-state index is -0.433. The van der Waals surface area contributed by atoms with E-state index in [1.165, 1.54) is 13.3 Å². The predicted octanol–water partition coefficient (Wildman–Crippen LogP) is 3.59. The second kappa shape index (κ2) is 7.89. The van der Waals surface area contributed by atoms with Gasteiger partial charge in [-0.25, -0.2) is 9.78 Å². The first kappa shape index (κ1) is 18.3.